The zero-order valence-corrected chi connectivity index (χ0v) is 14.3. The Kier molecular flexibility index (Phi) is 4.74. The lowest BCUT2D eigenvalue weighted by Crippen LogP contribution is -2.45. The van der Waals surface area contributed by atoms with Gasteiger partial charge in [0, 0.05) is 20.1 Å². The average molecular weight is 343 g/mol. The number of ether oxygens (including phenoxy) is 1. The van der Waals surface area contributed by atoms with Crippen molar-refractivity contribution in [1.82, 2.24) is 14.7 Å². The van der Waals surface area contributed by atoms with Crippen LogP contribution < -0.4 is 4.74 Å². The monoisotopic (exact) mass is 343 g/mol. The predicted molar refractivity (Wildman–Crippen MR) is 90.5 cm³/mol. The van der Waals surface area contributed by atoms with Gasteiger partial charge in [0.15, 0.2) is 5.75 Å². The molecular weight excluding hydrogens is 322 g/mol. The Labute approximate surface area is 145 Å². The molecule has 2 heterocycles. The van der Waals surface area contributed by atoms with Crippen molar-refractivity contribution in [2.45, 2.75) is 13.3 Å². The Morgan fingerprint density at radius 1 is 1.28 bits per heavy atom. The maximum Gasteiger partial charge on any atom is 0.308 e. The van der Waals surface area contributed by atoms with Crippen molar-refractivity contribution in [3.05, 3.63) is 42.2 Å². The fourth-order valence-corrected chi connectivity index (χ4v) is 3.18. The second-order valence-corrected chi connectivity index (χ2v) is 6.53. The summed E-state index contributed by atoms with van der Waals surface area (Å²) in [5.41, 5.74) is 0.421. The van der Waals surface area contributed by atoms with Crippen LogP contribution in [0.25, 0.3) is 0 Å². The maximum atomic E-state index is 13.0. The molecule has 7 nitrogen and oxygen atoms in total. The second-order valence-electron chi connectivity index (χ2n) is 6.53. The Morgan fingerprint density at radius 3 is 2.72 bits per heavy atom. The van der Waals surface area contributed by atoms with Crippen LogP contribution in [0.5, 0.6) is 11.5 Å². The minimum atomic E-state index is -0.857. The number of likely N-dealkylation sites (tertiary alicyclic amines) is 1. The number of rotatable bonds is 4. The van der Waals surface area contributed by atoms with E-state index in [1.54, 1.807) is 53.3 Å². The molecule has 1 saturated heterocycles. The molecule has 1 aromatic carbocycles. The smallest absolute Gasteiger partial charge is 0.308 e. The van der Waals surface area contributed by atoms with Gasteiger partial charge in [-0.15, -0.1) is 0 Å². The van der Waals surface area contributed by atoms with Crippen molar-refractivity contribution in [3.8, 4) is 11.5 Å². The van der Waals surface area contributed by atoms with Crippen LogP contribution in [0.2, 0.25) is 0 Å². The molecule has 1 amide bonds. The third kappa shape index (κ3) is 3.81. The maximum absolute atomic E-state index is 13.0. The number of aryl methyl sites for hydroxylation is 1. The van der Waals surface area contributed by atoms with Crippen molar-refractivity contribution in [2.24, 2.45) is 18.9 Å². The molecule has 2 unspecified atom stereocenters. The molecule has 0 saturated carbocycles. The molecule has 7 heteroatoms. The van der Waals surface area contributed by atoms with E-state index in [4.69, 9.17) is 4.74 Å². The van der Waals surface area contributed by atoms with Gasteiger partial charge in [-0.05, 0) is 24.5 Å². The molecule has 1 aliphatic heterocycles. The zero-order valence-electron chi connectivity index (χ0n) is 14.3. The van der Waals surface area contributed by atoms with Gasteiger partial charge in [0.05, 0.1) is 23.9 Å². The van der Waals surface area contributed by atoms with Crippen LogP contribution in [0, 0.1) is 11.8 Å². The van der Waals surface area contributed by atoms with Crippen molar-refractivity contribution in [1.29, 1.82) is 0 Å². The number of carbonyl (C=O) groups is 2. The van der Waals surface area contributed by atoms with Crippen LogP contribution in [0.3, 0.4) is 0 Å². The molecule has 0 bridgehead atoms. The van der Waals surface area contributed by atoms with E-state index in [9.17, 15) is 14.7 Å². The van der Waals surface area contributed by atoms with Crippen LogP contribution in [0.1, 0.15) is 23.7 Å². The molecule has 0 radical (unpaired) electrons. The van der Waals surface area contributed by atoms with Crippen molar-refractivity contribution < 1.29 is 19.4 Å². The number of benzene rings is 1. The highest BCUT2D eigenvalue weighted by atomic mass is 16.5. The van der Waals surface area contributed by atoms with Gasteiger partial charge in [0.2, 0.25) is 0 Å². The molecule has 25 heavy (non-hydrogen) atoms. The topological polar surface area (TPSA) is 84.7 Å². The molecule has 1 aromatic heterocycles. The Balaban J connectivity index is 1.83. The number of aromatic nitrogens is 2. The summed E-state index contributed by atoms with van der Waals surface area (Å²) in [5, 5.41) is 13.4. The van der Waals surface area contributed by atoms with E-state index >= 15 is 0 Å². The first-order chi connectivity index (χ1) is 11.9. The zero-order chi connectivity index (χ0) is 18.0. The Bertz CT molecular complexity index is 786. The number of nitrogens with zero attached hydrogens (tertiary/aromatic N) is 3. The first-order valence-electron chi connectivity index (χ1n) is 8.21. The summed E-state index contributed by atoms with van der Waals surface area (Å²) in [4.78, 5) is 25.9. The van der Waals surface area contributed by atoms with E-state index in [1.165, 1.54) is 0 Å². The number of carboxylic acid groups (broad SMARTS) is 1. The first kappa shape index (κ1) is 17.0. The molecule has 0 spiro atoms. The third-order valence-electron chi connectivity index (χ3n) is 4.32. The van der Waals surface area contributed by atoms with E-state index in [0.29, 0.717) is 30.0 Å². The van der Waals surface area contributed by atoms with Gasteiger partial charge < -0.3 is 14.7 Å². The van der Waals surface area contributed by atoms with Gasteiger partial charge in [0.25, 0.3) is 5.91 Å². The molecule has 2 atom stereocenters. The second kappa shape index (κ2) is 6.96. The number of piperidine rings is 1. The lowest BCUT2D eigenvalue weighted by atomic mass is 9.90. The highest BCUT2D eigenvalue weighted by Gasteiger charge is 2.33. The fraction of sp³-hybridized carbons (Fsp3) is 0.389. The van der Waals surface area contributed by atoms with E-state index in [0.717, 1.165) is 0 Å². The highest BCUT2D eigenvalue weighted by molar-refractivity contribution is 5.97. The molecule has 3 rings (SSSR count). The van der Waals surface area contributed by atoms with Crippen molar-refractivity contribution >= 4 is 11.9 Å². The Hall–Kier alpha value is -2.83. The van der Waals surface area contributed by atoms with Gasteiger partial charge in [0.1, 0.15) is 5.75 Å². The number of para-hydroxylation sites is 1. The van der Waals surface area contributed by atoms with E-state index in [2.05, 4.69) is 5.10 Å². The summed E-state index contributed by atoms with van der Waals surface area (Å²) in [6, 6.07) is 6.98. The molecule has 1 aliphatic rings. The van der Waals surface area contributed by atoms with Crippen LogP contribution >= 0.6 is 0 Å². The normalized spacial score (nSPS) is 20.3. The average Bonchev–Trinajstić information content (AvgIpc) is 2.99. The summed E-state index contributed by atoms with van der Waals surface area (Å²) < 4.78 is 7.41. The summed E-state index contributed by atoms with van der Waals surface area (Å²) in [6.07, 6.45) is 3.88. The van der Waals surface area contributed by atoms with Crippen LogP contribution in [-0.4, -0.2) is 44.8 Å². The number of hydrogen-bond donors (Lipinski definition) is 1. The lowest BCUT2D eigenvalue weighted by molar-refractivity contribution is -0.143. The number of aliphatic carboxylic acids is 1. The quantitative estimate of drug-likeness (QED) is 0.921. The van der Waals surface area contributed by atoms with Crippen molar-refractivity contribution in [2.75, 3.05) is 13.1 Å². The minimum Gasteiger partial charge on any atom is -0.481 e. The molecule has 2 aromatic rings. The number of amides is 1. The molecule has 0 aliphatic carbocycles. The predicted octanol–water partition coefficient (Wildman–Crippen LogP) is 2.40. The van der Waals surface area contributed by atoms with Gasteiger partial charge >= 0.3 is 5.97 Å². The first-order valence-corrected chi connectivity index (χ1v) is 8.21. The van der Waals surface area contributed by atoms with E-state index in [1.807, 2.05) is 6.92 Å². The molecule has 132 valence electrons. The number of carbonyl (C=O) groups excluding carboxylic acids is 1. The lowest BCUT2D eigenvalue weighted by Gasteiger charge is -2.35. The molecular formula is C18H21N3O4. The fourth-order valence-electron chi connectivity index (χ4n) is 3.18. The standard InChI is InChI=1S/C18H21N3O4/c1-12-7-13(18(23)24)10-21(9-12)17(22)15-5-3-4-6-16(15)25-14-8-19-20(2)11-14/h3-6,8,11-13H,7,9-10H2,1-2H3,(H,23,24). The Morgan fingerprint density at radius 2 is 2.04 bits per heavy atom. The van der Waals surface area contributed by atoms with Crippen LogP contribution in [-0.2, 0) is 11.8 Å². The van der Waals surface area contributed by atoms with Gasteiger partial charge in [-0.1, -0.05) is 19.1 Å². The summed E-state index contributed by atoms with van der Waals surface area (Å²) in [6.45, 7) is 2.73. The van der Waals surface area contributed by atoms with E-state index < -0.39 is 11.9 Å². The third-order valence-corrected chi connectivity index (χ3v) is 4.32. The molecule has 1 fully saturated rings. The summed E-state index contributed by atoms with van der Waals surface area (Å²) in [7, 11) is 1.78. The van der Waals surface area contributed by atoms with Gasteiger partial charge in [-0.2, -0.15) is 5.10 Å². The van der Waals surface area contributed by atoms with Gasteiger partial charge in [-0.3, -0.25) is 14.3 Å². The van der Waals surface area contributed by atoms with Crippen molar-refractivity contribution in [3.63, 3.8) is 0 Å². The van der Waals surface area contributed by atoms with Gasteiger partial charge in [-0.25, -0.2) is 0 Å². The number of carboxylic acids is 1. The number of hydrogen-bond acceptors (Lipinski definition) is 4. The SMILES string of the molecule is CC1CC(C(=O)O)CN(C(=O)c2ccccc2Oc2cnn(C)c2)C1. The molecule has 1 N–H and O–H groups in total. The largest absolute Gasteiger partial charge is 0.481 e. The van der Waals surface area contributed by atoms with Crippen LogP contribution in [0.15, 0.2) is 36.7 Å². The minimum absolute atomic E-state index is 0.144. The van der Waals surface area contributed by atoms with Crippen LogP contribution in [0.4, 0.5) is 0 Å². The summed E-state index contributed by atoms with van der Waals surface area (Å²) >= 11 is 0. The highest BCUT2D eigenvalue weighted by Crippen LogP contribution is 2.29. The van der Waals surface area contributed by atoms with E-state index in [-0.39, 0.29) is 18.4 Å². The summed E-state index contributed by atoms with van der Waals surface area (Å²) in [5.74, 6) is -0.477.